The van der Waals surface area contributed by atoms with Gasteiger partial charge in [-0.2, -0.15) is 5.10 Å². The number of guanidine groups is 1. The lowest BCUT2D eigenvalue weighted by atomic mass is 9.98. The Morgan fingerprint density at radius 3 is 2.75 bits per heavy atom. The van der Waals surface area contributed by atoms with Gasteiger partial charge in [0.15, 0.2) is 5.96 Å². The van der Waals surface area contributed by atoms with E-state index in [4.69, 9.17) is 14.5 Å². The number of carbonyl (C=O) groups is 1. The molecule has 2 saturated heterocycles. The third kappa shape index (κ3) is 7.79. The van der Waals surface area contributed by atoms with Crippen LogP contribution in [-0.2, 0) is 16.5 Å². The van der Waals surface area contributed by atoms with Gasteiger partial charge in [0.05, 0.1) is 19.3 Å². The minimum Gasteiger partial charge on any atom is -0.444 e. The van der Waals surface area contributed by atoms with Crippen molar-refractivity contribution in [2.24, 2.45) is 18.0 Å². The number of rotatable bonds is 4. The van der Waals surface area contributed by atoms with Gasteiger partial charge in [-0.05, 0) is 46.5 Å². The summed E-state index contributed by atoms with van der Waals surface area (Å²) >= 11 is 0. The molecule has 10 heteroatoms. The molecule has 3 heterocycles. The van der Waals surface area contributed by atoms with Gasteiger partial charge >= 0.3 is 6.09 Å². The van der Waals surface area contributed by atoms with E-state index < -0.39 is 5.60 Å². The molecule has 2 atom stereocenters. The summed E-state index contributed by atoms with van der Waals surface area (Å²) in [7, 11) is 1.92. The van der Waals surface area contributed by atoms with Crippen molar-refractivity contribution in [3.05, 3.63) is 18.0 Å². The summed E-state index contributed by atoms with van der Waals surface area (Å²) in [5.41, 5.74) is 0.616. The minimum absolute atomic E-state index is 0. The van der Waals surface area contributed by atoms with E-state index in [9.17, 15) is 4.79 Å². The Morgan fingerprint density at radius 1 is 1.31 bits per heavy atom. The number of aliphatic imine (C=N–C) groups is 1. The smallest absolute Gasteiger partial charge is 0.410 e. The summed E-state index contributed by atoms with van der Waals surface area (Å²) in [5.74, 6) is 1.25. The molecule has 1 aromatic heterocycles. The highest BCUT2D eigenvalue weighted by Crippen LogP contribution is 2.23. The van der Waals surface area contributed by atoms with Crippen LogP contribution in [0.4, 0.5) is 4.79 Å². The molecule has 0 radical (unpaired) electrons. The predicted molar refractivity (Wildman–Crippen MR) is 135 cm³/mol. The van der Waals surface area contributed by atoms with Crippen LogP contribution in [-0.4, -0.2) is 83.1 Å². The number of carbonyl (C=O) groups excluding carboxylic acids is 1. The highest BCUT2D eigenvalue weighted by atomic mass is 127. The second kappa shape index (κ2) is 12.1. The Hall–Kier alpha value is -1.56. The third-order valence-corrected chi connectivity index (χ3v) is 5.47. The second-order valence-corrected chi connectivity index (χ2v) is 9.38. The monoisotopic (exact) mass is 562 g/mol. The fraction of sp³-hybridized carbons (Fsp3) is 0.773. The molecule has 182 valence electrons. The Labute approximate surface area is 208 Å². The molecular formula is C22H39IN6O3. The molecule has 32 heavy (non-hydrogen) atoms. The molecule has 9 nitrogen and oxygen atoms in total. The van der Waals surface area contributed by atoms with E-state index in [2.05, 4.69) is 22.2 Å². The first-order valence-corrected chi connectivity index (χ1v) is 11.4. The molecule has 1 amide bonds. The van der Waals surface area contributed by atoms with Crippen LogP contribution >= 0.6 is 24.0 Å². The molecule has 2 unspecified atom stereocenters. The van der Waals surface area contributed by atoms with Crippen molar-refractivity contribution >= 4 is 36.0 Å². The first-order valence-electron chi connectivity index (χ1n) is 11.4. The molecule has 0 spiro atoms. The Bertz CT molecular complexity index is 763. The number of nitrogens with zero attached hydrogens (tertiary/aromatic N) is 5. The number of aromatic nitrogens is 2. The summed E-state index contributed by atoms with van der Waals surface area (Å²) < 4.78 is 13.3. The normalized spacial score (nSPS) is 22.3. The summed E-state index contributed by atoms with van der Waals surface area (Å²) in [6.07, 6.45) is 5.70. The molecule has 1 N–H and O–H groups in total. The predicted octanol–water partition coefficient (Wildman–Crippen LogP) is 3.02. The number of hydrogen-bond donors (Lipinski definition) is 1. The Balaban J connectivity index is 0.00000363. The van der Waals surface area contributed by atoms with E-state index in [1.165, 1.54) is 0 Å². The van der Waals surface area contributed by atoms with Gasteiger partial charge in [0.1, 0.15) is 11.7 Å². The van der Waals surface area contributed by atoms with Crippen LogP contribution < -0.4 is 5.32 Å². The van der Waals surface area contributed by atoms with Crippen molar-refractivity contribution in [1.82, 2.24) is 24.9 Å². The maximum atomic E-state index is 12.4. The molecule has 3 rings (SSSR count). The van der Waals surface area contributed by atoms with Crippen molar-refractivity contribution in [2.75, 3.05) is 45.9 Å². The first kappa shape index (κ1) is 26.7. The van der Waals surface area contributed by atoms with Crippen LogP contribution in [0.5, 0.6) is 0 Å². The number of nitrogens with one attached hydrogen (secondary N) is 1. The highest BCUT2D eigenvalue weighted by molar-refractivity contribution is 14.0. The Kier molecular flexibility index (Phi) is 10.1. The highest BCUT2D eigenvalue weighted by Gasteiger charge is 2.29. The number of aryl methyl sites for hydroxylation is 1. The van der Waals surface area contributed by atoms with Gasteiger partial charge in [0.25, 0.3) is 0 Å². The number of hydrogen-bond acceptors (Lipinski definition) is 5. The molecule has 0 saturated carbocycles. The van der Waals surface area contributed by atoms with Gasteiger partial charge in [-0.25, -0.2) is 4.79 Å². The van der Waals surface area contributed by atoms with E-state index in [0.29, 0.717) is 25.6 Å². The van der Waals surface area contributed by atoms with Gasteiger partial charge < -0.3 is 24.6 Å². The lowest BCUT2D eigenvalue weighted by Crippen LogP contribution is -2.48. The summed E-state index contributed by atoms with van der Waals surface area (Å²) in [6, 6.07) is 0. The van der Waals surface area contributed by atoms with Crippen LogP contribution in [0.15, 0.2) is 17.4 Å². The SMILES string of the molecule is CCNC(=NCC1CCCN(C(=O)OC(C)(C)C)C1)N1CCOC(c2cnn(C)c2)C1.I. The molecule has 2 aliphatic heterocycles. The van der Waals surface area contributed by atoms with E-state index >= 15 is 0 Å². The standard InChI is InChI=1S/C22H38N6O3.HI/c1-6-23-20(27-10-11-30-19(16-27)18-13-25-26(5)15-18)24-12-17-8-7-9-28(14-17)21(29)31-22(2,3)4;/h13,15,17,19H,6-12,14,16H2,1-5H3,(H,23,24);1H. The zero-order chi connectivity index (χ0) is 22.4. The van der Waals surface area contributed by atoms with E-state index in [0.717, 1.165) is 50.5 Å². The lowest BCUT2D eigenvalue weighted by Gasteiger charge is -2.36. The van der Waals surface area contributed by atoms with Crippen molar-refractivity contribution < 1.29 is 14.3 Å². The summed E-state index contributed by atoms with van der Waals surface area (Å²) in [5, 5.41) is 7.70. The van der Waals surface area contributed by atoms with Crippen LogP contribution in [0.25, 0.3) is 0 Å². The largest absolute Gasteiger partial charge is 0.444 e. The zero-order valence-corrected chi connectivity index (χ0v) is 22.4. The van der Waals surface area contributed by atoms with Crippen molar-refractivity contribution in [2.45, 2.75) is 52.2 Å². The number of piperidine rings is 1. The maximum Gasteiger partial charge on any atom is 0.410 e. The Morgan fingerprint density at radius 2 is 2.09 bits per heavy atom. The molecule has 1 aromatic rings. The van der Waals surface area contributed by atoms with Gasteiger partial charge in [0, 0.05) is 51.5 Å². The number of likely N-dealkylation sites (tertiary alicyclic amines) is 1. The van der Waals surface area contributed by atoms with E-state index in [-0.39, 0.29) is 36.2 Å². The summed E-state index contributed by atoms with van der Waals surface area (Å²) in [4.78, 5) is 21.5. The fourth-order valence-corrected chi connectivity index (χ4v) is 4.00. The number of morpholine rings is 1. The van der Waals surface area contributed by atoms with Crippen LogP contribution in [0.3, 0.4) is 0 Å². The fourth-order valence-electron chi connectivity index (χ4n) is 4.00. The number of halogens is 1. The molecule has 0 aromatic carbocycles. The third-order valence-electron chi connectivity index (χ3n) is 5.47. The maximum absolute atomic E-state index is 12.4. The van der Waals surface area contributed by atoms with Gasteiger partial charge in [-0.3, -0.25) is 9.67 Å². The first-order chi connectivity index (χ1) is 14.7. The average Bonchev–Trinajstić information content (AvgIpc) is 3.16. The second-order valence-electron chi connectivity index (χ2n) is 9.38. The van der Waals surface area contributed by atoms with E-state index in [1.807, 2.05) is 45.1 Å². The quantitative estimate of drug-likeness (QED) is 0.345. The number of ether oxygens (including phenoxy) is 2. The number of amides is 1. The summed E-state index contributed by atoms with van der Waals surface area (Å²) in [6.45, 7) is 12.9. The molecule has 0 aliphatic carbocycles. The molecule has 0 bridgehead atoms. The van der Waals surface area contributed by atoms with Gasteiger partial charge in [-0.15, -0.1) is 24.0 Å². The van der Waals surface area contributed by atoms with E-state index in [1.54, 1.807) is 4.68 Å². The molecule has 2 aliphatic rings. The van der Waals surface area contributed by atoms with Crippen LogP contribution in [0.1, 0.15) is 52.2 Å². The van der Waals surface area contributed by atoms with Gasteiger partial charge in [0.2, 0.25) is 0 Å². The van der Waals surface area contributed by atoms with Gasteiger partial charge in [-0.1, -0.05) is 0 Å². The topological polar surface area (TPSA) is 84.2 Å². The lowest BCUT2D eigenvalue weighted by molar-refractivity contribution is -0.00812. The van der Waals surface area contributed by atoms with Crippen molar-refractivity contribution in [3.8, 4) is 0 Å². The molecule has 2 fully saturated rings. The van der Waals surface area contributed by atoms with Crippen LogP contribution in [0, 0.1) is 5.92 Å². The van der Waals surface area contributed by atoms with Crippen molar-refractivity contribution in [3.63, 3.8) is 0 Å². The van der Waals surface area contributed by atoms with Crippen LogP contribution in [0.2, 0.25) is 0 Å². The zero-order valence-electron chi connectivity index (χ0n) is 20.0. The van der Waals surface area contributed by atoms with Crippen molar-refractivity contribution in [1.29, 1.82) is 0 Å². The minimum atomic E-state index is -0.471. The molecular weight excluding hydrogens is 523 g/mol. The average molecular weight is 562 g/mol.